The number of sulfone groups is 1. The molecular weight excluding hydrogens is 356 g/mol. The summed E-state index contributed by atoms with van der Waals surface area (Å²) in [5.74, 6) is 0.464. The van der Waals surface area contributed by atoms with E-state index in [1.54, 1.807) is 18.1 Å². The average Bonchev–Trinajstić information content (AvgIpc) is 2.94. The van der Waals surface area contributed by atoms with Crippen LogP contribution in [0.15, 0.2) is 18.2 Å². The van der Waals surface area contributed by atoms with Gasteiger partial charge in [-0.05, 0) is 24.6 Å². The van der Waals surface area contributed by atoms with Crippen molar-refractivity contribution in [1.82, 2.24) is 9.80 Å². The summed E-state index contributed by atoms with van der Waals surface area (Å²) in [7, 11) is 0.00459. The zero-order chi connectivity index (χ0) is 18.9. The summed E-state index contributed by atoms with van der Waals surface area (Å²) in [6.45, 7) is 4.28. The quantitative estimate of drug-likeness (QED) is 0.741. The highest BCUT2D eigenvalue weighted by Gasteiger charge is 2.48. The van der Waals surface area contributed by atoms with Crippen LogP contribution in [0.4, 0.5) is 0 Å². The maximum absolute atomic E-state index is 13.2. The molecule has 0 N–H and O–H groups in total. The number of carbonyl (C=O) groups excluding carboxylic acids is 1. The summed E-state index contributed by atoms with van der Waals surface area (Å²) in [5, 5.41) is 0. The van der Waals surface area contributed by atoms with Crippen LogP contribution in [-0.4, -0.2) is 88.2 Å². The number of amides is 1. The van der Waals surface area contributed by atoms with E-state index >= 15 is 0 Å². The zero-order valence-corrected chi connectivity index (χ0v) is 16.3. The Morgan fingerprint density at radius 1 is 1.19 bits per heavy atom. The van der Waals surface area contributed by atoms with Crippen molar-refractivity contribution in [2.45, 2.75) is 19.0 Å². The summed E-state index contributed by atoms with van der Waals surface area (Å²) in [6, 6.07) is 4.94. The van der Waals surface area contributed by atoms with Gasteiger partial charge in [0.25, 0.3) is 5.91 Å². The number of rotatable bonds is 5. The van der Waals surface area contributed by atoms with Crippen LogP contribution < -0.4 is 4.74 Å². The van der Waals surface area contributed by atoms with Crippen molar-refractivity contribution in [2.24, 2.45) is 0 Å². The molecular formula is C18H26N2O5S. The van der Waals surface area contributed by atoms with Crippen LogP contribution >= 0.6 is 0 Å². The Labute approximate surface area is 154 Å². The normalized spacial score (nSPS) is 25.1. The SMILES string of the molecule is COCCN1CCN(C(=O)c2ccc(C)cc2OC)[C@H]2CS(=O)(=O)C[C@H]21. The Morgan fingerprint density at radius 3 is 2.62 bits per heavy atom. The number of piperazine rings is 1. The standard InChI is InChI=1S/C18H26N2O5S/c1-13-4-5-14(17(10-13)25-3)18(21)20-7-6-19(8-9-24-2)15-11-26(22,23)12-16(15)20/h4-5,10,15-16H,6-9,11-12H2,1-3H3/t15-,16+/m1/s1. The van der Waals surface area contributed by atoms with E-state index in [9.17, 15) is 13.2 Å². The second-order valence-corrected chi connectivity index (χ2v) is 9.10. The third kappa shape index (κ3) is 3.72. The number of nitrogens with zero attached hydrogens (tertiary/aromatic N) is 2. The maximum atomic E-state index is 13.2. The number of carbonyl (C=O) groups is 1. The maximum Gasteiger partial charge on any atom is 0.257 e. The van der Waals surface area contributed by atoms with Gasteiger partial charge in [0, 0.05) is 32.8 Å². The fourth-order valence-electron chi connectivity index (χ4n) is 3.89. The minimum absolute atomic E-state index is 0.0149. The highest BCUT2D eigenvalue weighted by Crippen LogP contribution is 2.30. The van der Waals surface area contributed by atoms with Gasteiger partial charge in [-0.3, -0.25) is 9.69 Å². The van der Waals surface area contributed by atoms with E-state index in [1.165, 1.54) is 7.11 Å². The second kappa shape index (κ2) is 7.54. The number of aryl methyl sites for hydroxylation is 1. The zero-order valence-electron chi connectivity index (χ0n) is 15.5. The highest BCUT2D eigenvalue weighted by molar-refractivity contribution is 7.91. The van der Waals surface area contributed by atoms with Gasteiger partial charge < -0.3 is 14.4 Å². The van der Waals surface area contributed by atoms with Crippen LogP contribution in [0.1, 0.15) is 15.9 Å². The first-order chi connectivity index (χ1) is 12.4. The number of fused-ring (bicyclic) bond motifs is 1. The van der Waals surface area contributed by atoms with Crippen molar-refractivity contribution in [3.05, 3.63) is 29.3 Å². The summed E-state index contributed by atoms with van der Waals surface area (Å²) in [6.07, 6.45) is 0. The van der Waals surface area contributed by atoms with Crippen molar-refractivity contribution in [2.75, 3.05) is 52.0 Å². The summed E-state index contributed by atoms with van der Waals surface area (Å²) < 4.78 is 35.1. The van der Waals surface area contributed by atoms with Gasteiger partial charge in [-0.1, -0.05) is 6.07 Å². The van der Waals surface area contributed by atoms with E-state index in [2.05, 4.69) is 4.90 Å². The first kappa shape index (κ1) is 19.1. The number of benzene rings is 1. The molecule has 144 valence electrons. The van der Waals surface area contributed by atoms with Gasteiger partial charge in [-0.25, -0.2) is 8.42 Å². The van der Waals surface area contributed by atoms with Crippen LogP contribution in [0, 0.1) is 6.92 Å². The lowest BCUT2D eigenvalue weighted by Crippen LogP contribution is -2.61. The molecule has 1 amide bonds. The van der Waals surface area contributed by atoms with Crippen molar-refractivity contribution in [3.63, 3.8) is 0 Å². The van der Waals surface area contributed by atoms with E-state index in [-0.39, 0.29) is 29.5 Å². The largest absolute Gasteiger partial charge is 0.496 e. The average molecular weight is 382 g/mol. The lowest BCUT2D eigenvalue weighted by molar-refractivity contribution is 0.0245. The molecule has 0 aliphatic carbocycles. The molecule has 26 heavy (non-hydrogen) atoms. The molecule has 0 aromatic heterocycles. The van der Waals surface area contributed by atoms with E-state index < -0.39 is 9.84 Å². The van der Waals surface area contributed by atoms with Crippen LogP contribution in [0.25, 0.3) is 0 Å². The molecule has 2 fully saturated rings. The predicted octanol–water partition coefficient (Wildman–Crippen LogP) is 0.573. The van der Waals surface area contributed by atoms with E-state index in [4.69, 9.17) is 9.47 Å². The van der Waals surface area contributed by atoms with Crippen LogP contribution in [0.5, 0.6) is 5.75 Å². The van der Waals surface area contributed by atoms with Gasteiger partial charge in [-0.2, -0.15) is 0 Å². The molecule has 0 bridgehead atoms. The number of hydrogen-bond acceptors (Lipinski definition) is 6. The fourth-order valence-corrected chi connectivity index (χ4v) is 5.90. The van der Waals surface area contributed by atoms with Gasteiger partial charge in [0.1, 0.15) is 5.75 Å². The van der Waals surface area contributed by atoms with Crippen molar-refractivity contribution < 1.29 is 22.7 Å². The van der Waals surface area contributed by atoms with Crippen molar-refractivity contribution in [3.8, 4) is 5.75 Å². The van der Waals surface area contributed by atoms with Crippen LogP contribution in [-0.2, 0) is 14.6 Å². The van der Waals surface area contributed by atoms with E-state index in [1.807, 2.05) is 19.1 Å². The number of hydrogen-bond donors (Lipinski definition) is 0. The Morgan fingerprint density at radius 2 is 1.92 bits per heavy atom. The summed E-state index contributed by atoms with van der Waals surface area (Å²) in [4.78, 5) is 17.0. The molecule has 2 aliphatic heterocycles. The second-order valence-electron chi connectivity index (χ2n) is 6.94. The van der Waals surface area contributed by atoms with Crippen LogP contribution in [0.2, 0.25) is 0 Å². The molecule has 2 aliphatic rings. The molecule has 2 heterocycles. The minimum Gasteiger partial charge on any atom is -0.496 e. The molecule has 0 radical (unpaired) electrons. The molecule has 0 spiro atoms. The number of methoxy groups -OCH3 is 2. The summed E-state index contributed by atoms with van der Waals surface area (Å²) in [5.41, 5.74) is 1.48. The lowest BCUT2D eigenvalue weighted by Gasteiger charge is -2.44. The highest BCUT2D eigenvalue weighted by atomic mass is 32.2. The topological polar surface area (TPSA) is 76.2 Å². The summed E-state index contributed by atoms with van der Waals surface area (Å²) >= 11 is 0. The lowest BCUT2D eigenvalue weighted by atomic mass is 10.0. The monoisotopic (exact) mass is 382 g/mol. The number of ether oxygens (including phenoxy) is 2. The van der Waals surface area contributed by atoms with Crippen molar-refractivity contribution in [1.29, 1.82) is 0 Å². The Hall–Kier alpha value is -1.64. The molecule has 1 aromatic rings. The van der Waals surface area contributed by atoms with Crippen LogP contribution in [0.3, 0.4) is 0 Å². The van der Waals surface area contributed by atoms with Gasteiger partial charge in [-0.15, -0.1) is 0 Å². The third-order valence-corrected chi connectivity index (χ3v) is 6.92. The molecule has 3 rings (SSSR count). The fraction of sp³-hybridized carbons (Fsp3) is 0.611. The predicted molar refractivity (Wildman–Crippen MR) is 98.4 cm³/mol. The third-order valence-electron chi connectivity index (χ3n) is 5.22. The van der Waals surface area contributed by atoms with Gasteiger partial charge in [0.2, 0.25) is 0 Å². The smallest absolute Gasteiger partial charge is 0.257 e. The molecule has 2 atom stereocenters. The molecule has 0 unspecified atom stereocenters. The van der Waals surface area contributed by atoms with Gasteiger partial charge in [0.05, 0.1) is 36.8 Å². The molecule has 8 heteroatoms. The van der Waals surface area contributed by atoms with Gasteiger partial charge in [0.15, 0.2) is 9.84 Å². The van der Waals surface area contributed by atoms with Gasteiger partial charge >= 0.3 is 0 Å². The minimum atomic E-state index is -3.17. The molecule has 0 saturated carbocycles. The Bertz CT molecular complexity index is 780. The molecule has 1 aromatic carbocycles. The van der Waals surface area contributed by atoms with E-state index in [0.29, 0.717) is 37.6 Å². The first-order valence-corrected chi connectivity index (χ1v) is 10.6. The molecule has 2 saturated heterocycles. The molecule has 7 nitrogen and oxygen atoms in total. The first-order valence-electron chi connectivity index (χ1n) is 8.75. The van der Waals surface area contributed by atoms with E-state index in [0.717, 1.165) is 5.56 Å². The Balaban J connectivity index is 1.88. The van der Waals surface area contributed by atoms with Crippen molar-refractivity contribution >= 4 is 15.7 Å². The Kier molecular flexibility index (Phi) is 5.55.